The third kappa shape index (κ3) is 5.36. The zero-order valence-corrected chi connectivity index (χ0v) is 23.0. The van der Waals surface area contributed by atoms with Crippen molar-refractivity contribution >= 4 is 74.1 Å². The maximum absolute atomic E-state index is 13.6. The van der Waals surface area contributed by atoms with E-state index in [1.54, 1.807) is 18.2 Å². The molecule has 0 fully saturated rings. The first kappa shape index (κ1) is 25.4. The average Bonchev–Trinajstić information content (AvgIpc) is 3.62. The Hall–Kier alpha value is -3.84. The summed E-state index contributed by atoms with van der Waals surface area (Å²) in [5.41, 5.74) is 1.27. The van der Waals surface area contributed by atoms with Gasteiger partial charge in [-0.3, -0.25) is 4.99 Å². The Balaban J connectivity index is 1.31. The predicted octanol–water partition coefficient (Wildman–Crippen LogP) is 5.22. The molecule has 1 aliphatic rings. The van der Waals surface area contributed by atoms with Crippen molar-refractivity contribution in [1.29, 1.82) is 0 Å². The van der Waals surface area contributed by atoms with E-state index in [0.29, 0.717) is 27.1 Å². The Morgan fingerprint density at radius 1 is 0.872 bits per heavy atom. The highest BCUT2D eigenvalue weighted by atomic mass is 32.2. The third-order valence-electron chi connectivity index (χ3n) is 6.08. The van der Waals surface area contributed by atoms with Gasteiger partial charge in [0, 0.05) is 11.8 Å². The molecule has 0 amide bonds. The topological polar surface area (TPSA) is 88.9 Å². The van der Waals surface area contributed by atoms with Crippen molar-refractivity contribution in [3.63, 3.8) is 0 Å². The highest BCUT2D eigenvalue weighted by Gasteiger charge is 2.27. The second kappa shape index (κ2) is 11.1. The Labute approximate surface area is 234 Å². The molecule has 39 heavy (non-hydrogen) atoms. The number of fused-ring (bicyclic) bond motifs is 1. The number of esters is 1. The van der Waals surface area contributed by atoms with Gasteiger partial charge in [0.05, 0.1) is 15.8 Å². The zero-order chi connectivity index (χ0) is 26.8. The van der Waals surface area contributed by atoms with Crippen LogP contribution in [0, 0.1) is 0 Å². The fourth-order valence-electron chi connectivity index (χ4n) is 4.26. The maximum atomic E-state index is 13.6. The number of carbonyl (C=O) groups excluding carboxylic acids is 1. The highest BCUT2D eigenvalue weighted by molar-refractivity contribution is 8.15. The lowest BCUT2D eigenvalue weighted by atomic mass is 10.2. The molecule has 4 aromatic carbocycles. The number of rotatable bonds is 7. The second-order valence-electron chi connectivity index (χ2n) is 8.66. The largest absolute Gasteiger partial charge is 0.480 e. The van der Waals surface area contributed by atoms with Gasteiger partial charge in [-0.15, -0.1) is 23.1 Å². The molecular weight excluding hydrogens is 547 g/mol. The summed E-state index contributed by atoms with van der Waals surface area (Å²) in [6.45, 7) is 0. The van der Waals surface area contributed by atoms with Crippen molar-refractivity contribution in [2.24, 2.45) is 4.99 Å². The molecule has 1 aliphatic heterocycles. The quantitative estimate of drug-likeness (QED) is 0.165. The summed E-state index contributed by atoms with van der Waals surface area (Å²) >= 11 is 2.80. The number of carboxylic acid groups (broad SMARTS) is 1. The molecule has 0 saturated heterocycles. The molecule has 6 rings (SSSR count). The zero-order valence-electron chi connectivity index (χ0n) is 20.4. The molecule has 9 heteroatoms. The van der Waals surface area contributed by atoms with Crippen molar-refractivity contribution in [3.8, 4) is 5.75 Å². The maximum Gasteiger partial charge on any atom is 0.344 e. The number of aliphatic carboxylic acids is 1. The van der Waals surface area contributed by atoms with Crippen LogP contribution in [0.3, 0.4) is 0 Å². The lowest BCUT2D eigenvalue weighted by Crippen LogP contribution is -2.26. The number of nitrogens with zero attached hydrogens (tertiary/aromatic N) is 2. The summed E-state index contributed by atoms with van der Waals surface area (Å²) in [5.74, 6) is -0.534. The van der Waals surface area contributed by atoms with Gasteiger partial charge in [0.2, 0.25) is 0 Å². The van der Waals surface area contributed by atoms with E-state index in [-0.39, 0.29) is 0 Å². The van der Waals surface area contributed by atoms with Crippen molar-refractivity contribution < 1.29 is 19.4 Å². The lowest BCUT2D eigenvalue weighted by Gasteiger charge is -2.21. The van der Waals surface area contributed by atoms with Gasteiger partial charge in [0.15, 0.2) is 6.04 Å². The van der Waals surface area contributed by atoms with Gasteiger partial charge < -0.3 is 9.84 Å². The van der Waals surface area contributed by atoms with E-state index in [9.17, 15) is 14.7 Å². The van der Waals surface area contributed by atoms with Gasteiger partial charge in [0.1, 0.15) is 15.8 Å². The first-order valence-corrected chi connectivity index (χ1v) is 15.3. The average molecular weight is 569 g/mol. The first-order valence-electron chi connectivity index (χ1n) is 12.1. The number of thioether (sulfide) groups is 1. The number of carboxylic acids is 1. The van der Waals surface area contributed by atoms with Crippen LogP contribution in [0.5, 0.6) is 5.75 Å². The number of aromatic nitrogens is 1. The number of thiazole rings is 1. The molecular formula is C30H21N2O4PS2. The van der Waals surface area contributed by atoms with Gasteiger partial charge in [-0.2, -0.15) is 0 Å². The van der Waals surface area contributed by atoms with E-state index < -0.39 is 25.9 Å². The summed E-state index contributed by atoms with van der Waals surface area (Å²) in [5, 5.41) is 13.8. The SMILES string of the molecule is O=C(Oc1ccc2nc(C3=NC(C(=O)O)CS3)sc2c1)c1ccccc1P(c1ccccc1)c1ccccc1. The molecule has 1 atom stereocenters. The van der Waals surface area contributed by atoms with E-state index in [1.165, 1.54) is 23.1 Å². The van der Waals surface area contributed by atoms with Crippen molar-refractivity contribution in [3.05, 3.63) is 114 Å². The van der Waals surface area contributed by atoms with Crippen molar-refractivity contribution in [2.45, 2.75) is 6.04 Å². The van der Waals surface area contributed by atoms with Gasteiger partial charge >= 0.3 is 11.9 Å². The Morgan fingerprint density at radius 2 is 1.54 bits per heavy atom. The number of hydrogen-bond donors (Lipinski definition) is 1. The molecule has 0 bridgehead atoms. The standard InChI is InChI=1S/C30H21N2O4PS2/c33-29(34)24-18-38-27(32-24)28-31-23-16-15-19(17-26(23)39-28)36-30(35)22-13-7-8-14-25(22)37(20-9-3-1-4-10-20)21-11-5-2-6-12-21/h1-17,24H,18H2,(H,33,34). The van der Waals surface area contributed by atoms with Crippen molar-refractivity contribution in [1.82, 2.24) is 4.98 Å². The molecule has 0 spiro atoms. The van der Waals surface area contributed by atoms with Gasteiger partial charge in [-0.25, -0.2) is 14.6 Å². The van der Waals surface area contributed by atoms with E-state index in [0.717, 1.165) is 26.1 Å². The minimum Gasteiger partial charge on any atom is -0.480 e. The predicted molar refractivity (Wildman–Crippen MR) is 160 cm³/mol. The van der Waals surface area contributed by atoms with E-state index in [4.69, 9.17) is 4.74 Å². The van der Waals surface area contributed by atoms with Gasteiger partial charge in [-0.1, -0.05) is 78.9 Å². The number of ether oxygens (including phenoxy) is 1. The molecule has 1 unspecified atom stereocenters. The molecule has 0 saturated carbocycles. The van der Waals surface area contributed by atoms with Crippen LogP contribution in [-0.2, 0) is 4.79 Å². The Morgan fingerprint density at radius 3 is 2.21 bits per heavy atom. The Kier molecular flexibility index (Phi) is 7.24. The molecule has 192 valence electrons. The van der Waals surface area contributed by atoms with Crippen LogP contribution in [0.1, 0.15) is 15.4 Å². The minimum atomic E-state index is -0.979. The fraction of sp³-hybridized carbons (Fsp3) is 0.0667. The Bertz CT molecular complexity index is 1670. The third-order valence-corrected chi connectivity index (χ3v) is 10.8. The van der Waals surface area contributed by atoms with E-state index in [1.807, 2.05) is 60.7 Å². The monoisotopic (exact) mass is 568 g/mol. The second-order valence-corrected chi connectivity index (χ2v) is 12.9. The van der Waals surface area contributed by atoms with Crippen LogP contribution in [0.25, 0.3) is 10.2 Å². The number of carbonyl (C=O) groups is 2. The normalized spacial score (nSPS) is 14.9. The molecule has 1 N–H and O–H groups in total. The van der Waals surface area contributed by atoms with E-state index in [2.05, 4.69) is 34.2 Å². The smallest absolute Gasteiger partial charge is 0.344 e. The summed E-state index contributed by atoms with van der Waals surface area (Å²) in [6, 6.07) is 32.7. The fourth-order valence-corrected chi connectivity index (χ4v) is 8.79. The van der Waals surface area contributed by atoms with Gasteiger partial charge in [-0.05, 0) is 42.0 Å². The number of benzene rings is 4. The molecule has 1 aromatic heterocycles. The highest BCUT2D eigenvalue weighted by Crippen LogP contribution is 2.35. The van der Waals surface area contributed by atoms with Crippen LogP contribution in [-0.4, -0.2) is 38.9 Å². The molecule has 2 heterocycles. The lowest BCUT2D eigenvalue weighted by molar-refractivity contribution is -0.137. The van der Waals surface area contributed by atoms with Crippen molar-refractivity contribution in [2.75, 3.05) is 5.75 Å². The van der Waals surface area contributed by atoms with Crippen LogP contribution >= 0.6 is 31.0 Å². The molecule has 5 aromatic rings. The molecule has 6 nitrogen and oxygen atoms in total. The number of aliphatic imine (C=N–C) groups is 1. The summed E-state index contributed by atoms with van der Waals surface area (Å²) in [4.78, 5) is 33.7. The summed E-state index contributed by atoms with van der Waals surface area (Å²) < 4.78 is 6.73. The van der Waals surface area contributed by atoms with E-state index >= 15 is 0 Å². The van der Waals surface area contributed by atoms with Gasteiger partial charge in [0.25, 0.3) is 0 Å². The molecule has 0 aliphatic carbocycles. The van der Waals surface area contributed by atoms with Crippen LogP contribution < -0.4 is 20.7 Å². The summed E-state index contributed by atoms with van der Waals surface area (Å²) in [7, 11) is -0.979. The van der Waals surface area contributed by atoms with Crippen LogP contribution in [0.2, 0.25) is 0 Å². The van der Waals surface area contributed by atoms with Crippen LogP contribution in [0.15, 0.2) is 108 Å². The minimum absolute atomic E-state index is 0.400. The molecule has 0 radical (unpaired) electrons. The number of hydrogen-bond acceptors (Lipinski definition) is 7. The van der Waals surface area contributed by atoms with Crippen LogP contribution in [0.4, 0.5) is 0 Å². The summed E-state index contributed by atoms with van der Waals surface area (Å²) in [6.07, 6.45) is 0. The first-order chi connectivity index (χ1) is 19.1.